The van der Waals surface area contributed by atoms with E-state index in [4.69, 9.17) is 5.73 Å². The van der Waals surface area contributed by atoms with Crippen LogP contribution in [-0.4, -0.2) is 47.2 Å². The maximum Gasteiger partial charge on any atom is 0.412 e. The first-order chi connectivity index (χ1) is 13.6. The molecule has 1 saturated heterocycles. The van der Waals surface area contributed by atoms with Gasteiger partial charge in [0.1, 0.15) is 28.6 Å². The van der Waals surface area contributed by atoms with Gasteiger partial charge in [0.25, 0.3) is 0 Å². The molecular formula is C18H18F4N6O. The number of anilines is 1. The van der Waals surface area contributed by atoms with E-state index < -0.39 is 30.0 Å². The Hall–Kier alpha value is -3.00. The van der Waals surface area contributed by atoms with Crippen LogP contribution in [0.1, 0.15) is 18.9 Å². The van der Waals surface area contributed by atoms with Gasteiger partial charge in [0.15, 0.2) is 6.04 Å². The Labute approximate surface area is 163 Å². The van der Waals surface area contributed by atoms with Crippen molar-refractivity contribution in [3.63, 3.8) is 0 Å². The Kier molecular flexibility index (Phi) is 5.57. The van der Waals surface area contributed by atoms with Gasteiger partial charge in [0.05, 0.1) is 5.56 Å². The van der Waals surface area contributed by atoms with Crippen molar-refractivity contribution in [2.24, 2.45) is 11.7 Å². The number of amides is 1. The zero-order chi connectivity index (χ0) is 21.3. The molecule has 154 valence electrons. The van der Waals surface area contributed by atoms with Crippen molar-refractivity contribution >= 4 is 22.6 Å². The van der Waals surface area contributed by atoms with Crippen LogP contribution in [0.25, 0.3) is 11.0 Å². The molecular weight excluding hydrogens is 392 g/mol. The monoisotopic (exact) mass is 410 g/mol. The average molecular weight is 410 g/mol. The Morgan fingerprint density at radius 2 is 2.00 bits per heavy atom. The number of halogens is 4. The lowest BCUT2D eigenvalue weighted by Gasteiger charge is -2.39. The molecule has 0 aliphatic carbocycles. The van der Waals surface area contributed by atoms with E-state index in [9.17, 15) is 27.6 Å². The number of hydrogen-bond acceptors (Lipinski definition) is 6. The molecule has 2 aromatic rings. The molecule has 1 amide bonds. The summed E-state index contributed by atoms with van der Waals surface area (Å²) in [5, 5.41) is 11.5. The van der Waals surface area contributed by atoms with Crippen LogP contribution < -0.4 is 16.0 Å². The van der Waals surface area contributed by atoms with Gasteiger partial charge in [0, 0.05) is 31.5 Å². The molecule has 2 heterocycles. The van der Waals surface area contributed by atoms with Crippen LogP contribution in [0.3, 0.4) is 0 Å². The molecule has 3 rings (SSSR count). The van der Waals surface area contributed by atoms with Crippen molar-refractivity contribution in [2.75, 3.05) is 18.0 Å². The molecule has 3 N–H and O–H groups in total. The lowest BCUT2D eigenvalue weighted by Crippen LogP contribution is -2.57. The lowest BCUT2D eigenvalue weighted by atomic mass is 9.94. The third kappa shape index (κ3) is 4.22. The first-order valence-corrected chi connectivity index (χ1v) is 8.82. The van der Waals surface area contributed by atoms with Crippen molar-refractivity contribution in [1.82, 2.24) is 15.3 Å². The molecule has 0 saturated carbocycles. The van der Waals surface area contributed by atoms with Crippen molar-refractivity contribution < 1.29 is 22.4 Å². The van der Waals surface area contributed by atoms with E-state index in [1.54, 1.807) is 4.90 Å². The van der Waals surface area contributed by atoms with E-state index in [2.05, 4.69) is 15.3 Å². The molecule has 1 aromatic heterocycles. The number of alkyl halides is 3. The number of aromatic nitrogens is 2. The Morgan fingerprint density at radius 1 is 1.34 bits per heavy atom. The number of nitrogens with one attached hydrogen (secondary N) is 1. The zero-order valence-electron chi connectivity index (χ0n) is 15.4. The van der Waals surface area contributed by atoms with Crippen LogP contribution in [0.5, 0.6) is 0 Å². The topological polar surface area (TPSA) is 108 Å². The Bertz CT molecular complexity index is 973. The summed E-state index contributed by atoms with van der Waals surface area (Å²) in [5.74, 6) is -2.08. The van der Waals surface area contributed by atoms with Crippen molar-refractivity contribution in [3.05, 3.63) is 29.8 Å². The summed E-state index contributed by atoms with van der Waals surface area (Å²) in [6, 6.07) is -0.371. The van der Waals surface area contributed by atoms with E-state index >= 15 is 0 Å². The highest BCUT2D eigenvalue weighted by atomic mass is 19.4. The normalized spacial score (nSPS) is 20.9. The van der Waals surface area contributed by atoms with E-state index in [0.717, 1.165) is 6.07 Å². The van der Waals surface area contributed by atoms with Crippen LogP contribution in [0.4, 0.5) is 23.2 Å². The summed E-state index contributed by atoms with van der Waals surface area (Å²) in [6.45, 7) is 2.30. The van der Waals surface area contributed by atoms with Crippen molar-refractivity contribution in [2.45, 2.75) is 31.6 Å². The number of nitriles is 1. The predicted octanol–water partition coefficient (Wildman–Crippen LogP) is 1.86. The van der Waals surface area contributed by atoms with Gasteiger partial charge < -0.3 is 16.0 Å². The molecule has 11 heteroatoms. The highest BCUT2D eigenvalue weighted by Gasteiger charge is 2.43. The molecule has 1 aliphatic heterocycles. The Morgan fingerprint density at radius 3 is 2.62 bits per heavy atom. The average Bonchev–Trinajstić information content (AvgIpc) is 2.65. The van der Waals surface area contributed by atoms with Gasteiger partial charge in [0.2, 0.25) is 5.91 Å². The number of carbonyl (C=O) groups is 1. The second-order valence-electron chi connectivity index (χ2n) is 7.09. The molecule has 0 bridgehead atoms. The number of fused-ring (bicyclic) bond motifs is 1. The standard InChI is InChI=1S/C18H18F4N6O/c1-9-4-11(27-17(29)16(24)18(20,21)22)8-28(7-9)15-12(19)5-10(6-23)13-14(15)26-3-2-25-13/h2-3,5,9,11,16H,4,7-8,24H2,1H3,(H,27,29)/t9-,11+,16+/m0/s1. The summed E-state index contributed by atoms with van der Waals surface area (Å²) in [6.07, 6.45) is -1.70. The van der Waals surface area contributed by atoms with Gasteiger partial charge in [-0.05, 0) is 18.4 Å². The summed E-state index contributed by atoms with van der Waals surface area (Å²) in [4.78, 5) is 21.7. The fourth-order valence-electron chi connectivity index (χ4n) is 3.55. The lowest BCUT2D eigenvalue weighted by molar-refractivity contribution is -0.163. The molecule has 0 radical (unpaired) electrons. The first-order valence-electron chi connectivity index (χ1n) is 8.82. The molecule has 0 spiro atoms. The van der Waals surface area contributed by atoms with Gasteiger partial charge in [-0.15, -0.1) is 0 Å². The highest BCUT2D eigenvalue weighted by Crippen LogP contribution is 2.33. The molecule has 1 aliphatic rings. The van der Waals surface area contributed by atoms with Crippen LogP contribution in [-0.2, 0) is 4.79 Å². The second-order valence-corrected chi connectivity index (χ2v) is 7.09. The number of carbonyl (C=O) groups excluding carboxylic acids is 1. The molecule has 7 nitrogen and oxygen atoms in total. The molecule has 0 unspecified atom stereocenters. The molecule has 1 fully saturated rings. The van der Waals surface area contributed by atoms with Gasteiger partial charge in [-0.3, -0.25) is 14.8 Å². The summed E-state index contributed by atoms with van der Waals surface area (Å²) < 4.78 is 52.9. The summed E-state index contributed by atoms with van der Waals surface area (Å²) in [5.41, 5.74) is 5.49. The minimum Gasteiger partial charge on any atom is -0.365 e. The minimum absolute atomic E-state index is 0.0282. The van der Waals surface area contributed by atoms with E-state index in [1.807, 2.05) is 13.0 Å². The largest absolute Gasteiger partial charge is 0.412 e. The highest BCUT2D eigenvalue weighted by molar-refractivity contribution is 5.92. The fraction of sp³-hybridized carbons (Fsp3) is 0.444. The number of hydrogen-bond donors (Lipinski definition) is 2. The van der Waals surface area contributed by atoms with E-state index in [1.165, 1.54) is 12.4 Å². The molecule has 1 aromatic carbocycles. The second kappa shape index (κ2) is 7.79. The summed E-state index contributed by atoms with van der Waals surface area (Å²) in [7, 11) is 0. The maximum atomic E-state index is 14.8. The molecule has 3 atom stereocenters. The Balaban J connectivity index is 1.91. The minimum atomic E-state index is -4.85. The third-order valence-corrected chi connectivity index (χ3v) is 4.75. The number of piperidine rings is 1. The number of benzene rings is 1. The number of nitrogens with two attached hydrogens (primary N) is 1. The quantitative estimate of drug-likeness (QED) is 0.748. The molecule has 29 heavy (non-hydrogen) atoms. The smallest absolute Gasteiger partial charge is 0.365 e. The van der Waals surface area contributed by atoms with Crippen LogP contribution in [0.15, 0.2) is 18.5 Å². The van der Waals surface area contributed by atoms with Crippen LogP contribution in [0.2, 0.25) is 0 Å². The maximum absolute atomic E-state index is 14.8. The van der Waals surface area contributed by atoms with Gasteiger partial charge >= 0.3 is 6.18 Å². The van der Waals surface area contributed by atoms with Crippen LogP contribution >= 0.6 is 0 Å². The SMILES string of the molecule is C[C@H]1C[C@@H](NC(=O)[C@@H](N)C(F)(F)F)CN(c2c(F)cc(C#N)c3nccnc23)C1. The van der Waals surface area contributed by atoms with E-state index in [0.29, 0.717) is 13.0 Å². The van der Waals surface area contributed by atoms with Crippen molar-refractivity contribution in [1.29, 1.82) is 5.26 Å². The van der Waals surface area contributed by atoms with Gasteiger partial charge in [-0.2, -0.15) is 18.4 Å². The van der Waals surface area contributed by atoms with Gasteiger partial charge in [-0.25, -0.2) is 4.39 Å². The number of nitrogens with zero attached hydrogens (tertiary/aromatic N) is 4. The first kappa shape index (κ1) is 20.7. The van der Waals surface area contributed by atoms with Gasteiger partial charge in [-0.1, -0.05) is 6.92 Å². The van der Waals surface area contributed by atoms with Crippen LogP contribution in [0, 0.1) is 23.1 Å². The third-order valence-electron chi connectivity index (χ3n) is 4.75. The summed E-state index contributed by atoms with van der Waals surface area (Å²) >= 11 is 0. The number of rotatable bonds is 3. The van der Waals surface area contributed by atoms with E-state index in [-0.39, 0.29) is 34.7 Å². The zero-order valence-corrected chi connectivity index (χ0v) is 15.4. The fourth-order valence-corrected chi connectivity index (χ4v) is 3.55. The predicted molar refractivity (Wildman–Crippen MR) is 96.2 cm³/mol. The van der Waals surface area contributed by atoms with Crippen molar-refractivity contribution in [3.8, 4) is 6.07 Å².